The zero-order valence-corrected chi connectivity index (χ0v) is 15.1. The average molecular weight is 354 g/mol. The van der Waals surface area contributed by atoms with E-state index in [1.807, 2.05) is 62.4 Å². The van der Waals surface area contributed by atoms with Crippen molar-refractivity contribution in [2.75, 3.05) is 5.32 Å². The highest BCUT2D eigenvalue weighted by atomic mass is 15.2. The van der Waals surface area contributed by atoms with E-state index in [0.717, 1.165) is 22.4 Å². The number of rotatable bonds is 4. The van der Waals surface area contributed by atoms with Gasteiger partial charge in [0.15, 0.2) is 0 Å². The molecule has 0 saturated carbocycles. The van der Waals surface area contributed by atoms with Crippen molar-refractivity contribution in [1.29, 1.82) is 0 Å². The van der Waals surface area contributed by atoms with Crippen molar-refractivity contribution in [2.45, 2.75) is 13.8 Å². The summed E-state index contributed by atoms with van der Waals surface area (Å²) in [4.78, 5) is 12.7. The molecule has 1 aromatic heterocycles. The van der Waals surface area contributed by atoms with Crippen molar-refractivity contribution in [3.8, 4) is 0 Å². The fourth-order valence-corrected chi connectivity index (χ4v) is 2.77. The molecule has 0 aliphatic carbocycles. The predicted octanol–water partition coefficient (Wildman–Crippen LogP) is 5.80. The fourth-order valence-electron chi connectivity index (χ4n) is 2.77. The second kappa shape index (κ2) is 7.29. The molecule has 6 nitrogen and oxygen atoms in total. The lowest BCUT2D eigenvalue weighted by Crippen LogP contribution is -2.02. The van der Waals surface area contributed by atoms with E-state index in [1.165, 1.54) is 5.39 Å². The van der Waals surface area contributed by atoms with Gasteiger partial charge in [-0.25, -0.2) is 4.98 Å². The van der Waals surface area contributed by atoms with E-state index >= 15 is 0 Å². The van der Waals surface area contributed by atoms with Gasteiger partial charge in [-0.2, -0.15) is 20.2 Å². The first kappa shape index (κ1) is 16.8. The molecule has 0 fully saturated rings. The second-order valence-electron chi connectivity index (χ2n) is 6.16. The summed E-state index contributed by atoms with van der Waals surface area (Å²) in [5.74, 6) is 1.90. The van der Waals surface area contributed by atoms with Gasteiger partial charge in [0.05, 0.1) is 11.4 Å². The van der Waals surface area contributed by atoms with E-state index < -0.39 is 0 Å². The van der Waals surface area contributed by atoms with Crippen LogP contribution in [0.3, 0.4) is 0 Å². The summed E-state index contributed by atoms with van der Waals surface area (Å²) in [6, 6.07) is 21.9. The lowest BCUT2D eigenvalue weighted by Gasteiger charge is -2.06. The zero-order valence-electron chi connectivity index (χ0n) is 15.1. The molecule has 27 heavy (non-hydrogen) atoms. The van der Waals surface area contributed by atoms with Crippen LogP contribution in [0.25, 0.3) is 10.8 Å². The van der Waals surface area contributed by atoms with Crippen LogP contribution in [-0.2, 0) is 0 Å². The molecule has 0 radical (unpaired) electrons. The molecular weight excluding hydrogens is 336 g/mol. The summed E-state index contributed by atoms with van der Waals surface area (Å²) in [5, 5.41) is 14.2. The quantitative estimate of drug-likeness (QED) is 0.470. The highest BCUT2D eigenvalue weighted by Gasteiger charge is 2.01. The van der Waals surface area contributed by atoms with Gasteiger partial charge in [0.1, 0.15) is 11.6 Å². The first-order valence-corrected chi connectivity index (χ1v) is 8.63. The summed E-state index contributed by atoms with van der Waals surface area (Å²) in [6.07, 6.45) is 0. The minimum Gasteiger partial charge on any atom is -0.324 e. The fraction of sp³-hybridized carbons (Fsp3) is 0.0952. The number of anilines is 2. The minimum absolute atomic E-state index is 0.533. The van der Waals surface area contributed by atoms with Gasteiger partial charge in [0.25, 0.3) is 0 Å². The van der Waals surface area contributed by atoms with Crippen LogP contribution in [0.2, 0.25) is 0 Å². The molecule has 0 atom stereocenters. The van der Waals surface area contributed by atoms with Crippen LogP contribution in [-0.4, -0.2) is 15.0 Å². The number of nitrogens with zero attached hydrogens (tertiary/aromatic N) is 5. The van der Waals surface area contributed by atoms with Gasteiger partial charge in [0.2, 0.25) is 5.95 Å². The first-order valence-electron chi connectivity index (χ1n) is 8.63. The van der Waals surface area contributed by atoms with Crippen molar-refractivity contribution >= 4 is 33.8 Å². The van der Waals surface area contributed by atoms with E-state index in [4.69, 9.17) is 0 Å². The average Bonchev–Trinajstić information content (AvgIpc) is 2.66. The molecule has 0 spiro atoms. The molecule has 0 aliphatic heterocycles. The van der Waals surface area contributed by atoms with Crippen LogP contribution < -0.4 is 5.32 Å². The molecule has 0 bridgehead atoms. The van der Waals surface area contributed by atoms with Crippen molar-refractivity contribution in [3.63, 3.8) is 0 Å². The normalized spacial score (nSPS) is 11.2. The molecular formula is C21H18N6. The highest BCUT2D eigenvalue weighted by molar-refractivity contribution is 5.85. The molecule has 0 amide bonds. The summed E-state index contributed by atoms with van der Waals surface area (Å²) in [6.45, 7) is 3.69. The van der Waals surface area contributed by atoms with E-state index in [-0.39, 0.29) is 0 Å². The van der Waals surface area contributed by atoms with Crippen molar-refractivity contribution in [3.05, 3.63) is 78.4 Å². The maximum atomic E-state index is 4.34. The Morgan fingerprint density at radius 1 is 0.667 bits per heavy atom. The minimum atomic E-state index is 0.533. The monoisotopic (exact) mass is 354 g/mol. The van der Waals surface area contributed by atoms with Crippen molar-refractivity contribution in [2.24, 2.45) is 10.2 Å². The number of benzene rings is 3. The summed E-state index contributed by atoms with van der Waals surface area (Å²) >= 11 is 0. The number of fused-ring (bicyclic) bond motifs is 1. The Labute approximate surface area is 157 Å². The third-order valence-electron chi connectivity index (χ3n) is 4.00. The van der Waals surface area contributed by atoms with Gasteiger partial charge in [-0.15, -0.1) is 0 Å². The smallest absolute Gasteiger partial charge is 0.230 e. The van der Waals surface area contributed by atoms with Crippen LogP contribution in [0.5, 0.6) is 0 Å². The Balaban J connectivity index is 1.48. The first-order chi connectivity index (χ1) is 13.2. The van der Waals surface area contributed by atoms with Crippen molar-refractivity contribution in [1.82, 2.24) is 15.0 Å². The maximum Gasteiger partial charge on any atom is 0.230 e. The maximum absolute atomic E-state index is 4.34. The van der Waals surface area contributed by atoms with E-state index in [9.17, 15) is 0 Å². The van der Waals surface area contributed by atoms with Crippen LogP contribution in [0, 0.1) is 13.8 Å². The van der Waals surface area contributed by atoms with Gasteiger partial charge >= 0.3 is 0 Å². The van der Waals surface area contributed by atoms with Crippen LogP contribution >= 0.6 is 0 Å². The van der Waals surface area contributed by atoms with Gasteiger partial charge in [-0.3, -0.25) is 0 Å². The highest BCUT2D eigenvalue weighted by Crippen LogP contribution is 2.24. The second-order valence-corrected chi connectivity index (χ2v) is 6.16. The van der Waals surface area contributed by atoms with Crippen LogP contribution in [0.15, 0.2) is 77.0 Å². The molecule has 0 saturated heterocycles. The molecule has 0 aliphatic rings. The molecule has 1 N–H and O–H groups in total. The number of hydrogen-bond donors (Lipinski definition) is 1. The van der Waals surface area contributed by atoms with Gasteiger partial charge in [-0.1, -0.05) is 30.3 Å². The Kier molecular flexibility index (Phi) is 4.53. The molecule has 4 aromatic rings. The summed E-state index contributed by atoms with van der Waals surface area (Å²) in [7, 11) is 0. The summed E-state index contributed by atoms with van der Waals surface area (Å²) in [5.41, 5.74) is 2.48. The Morgan fingerprint density at radius 3 is 2.04 bits per heavy atom. The molecule has 3 aromatic carbocycles. The van der Waals surface area contributed by atoms with Gasteiger partial charge in [-0.05, 0) is 61.0 Å². The summed E-state index contributed by atoms with van der Waals surface area (Å²) < 4.78 is 0. The van der Waals surface area contributed by atoms with E-state index in [1.54, 1.807) is 0 Å². The molecule has 0 unspecified atom stereocenters. The lowest BCUT2D eigenvalue weighted by molar-refractivity contribution is 0.928. The van der Waals surface area contributed by atoms with Gasteiger partial charge in [0, 0.05) is 5.69 Å². The number of azo groups is 1. The molecule has 132 valence electrons. The van der Waals surface area contributed by atoms with Crippen LogP contribution in [0.4, 0.5) is 23.0 Å². The molecule has 1 heterocycles. The lowest BCUT2D eigenvalue weighted by atomic mass is 10.1. The van der Waals surface area contributed by atoms with E-state index in [2.05, 4.69) is 48.7 Å². The zero-order chi connectivity index (χ0) is 18.6. The third kappa shape index (κ3) is 4.12. The topological polar surface area (TPSA) is 75.4 Å². The SMILES string of the molecule is Cc1nc(C)nc(Nc2ccc(/N=N/c3ccc4ccccc4c3)cc2)n1. The molecule has 4 rings (SSSR count). The number of aromatic nitrogens is 3. The number of hydrogen-bond acceptors (Lipinski definition) is 6. The van der Waals surface area contributed by atoms with Crippen molar-refractivity contribution < 1.29 is 0 Å². The number of nitrogens with one attached hydrogen (secondary N) is 1. The Hall–Kier alpha value is -3.67. The standard InChI is InChI=1S/C21H18N6/c1-14-22-15(2)24-21(23-14)25-18-9-11-19(12-10-18)26-27-20-8-7-16-5-3-4-6-17(16)13-20/h3-13H,1-2H3,(H,22,23,24,25)/b27-26+. The predicted molar refractivity (Wildman–Crippen MR) is 107 cm³/mol. The van der Waals surface area contributed by atoms with E-state index in [0.29, 0.717) is 17.6 Å². The molecule has 6 heteroatoms. The Bertz CT molecular complexity index is 1100. The largest absolute Gasteiger partial charge is 0.324 e. The third-order valence-corrected chi connectivity index (χ3v) is 4.00. The van der Waals surface area contributed by atoms with Gasteiger partial charge < -0.3 is 5.32 Å². The number of aryl methyl sites for hydroxylation is 2. The Morgan fingerprint density at radius 2 is 1.30 bits per heavy atom. The van der Waals surface area contributed by atoms with Crippen LogP contribution in [0.1, 0.15) is 11.6 Å².